The van der Waals surface area contributed by atoms with Crippen molar-refractivity contribution in [3.63, 3.8) is 0 Å². The number of carbonyl (C=O) groups excluding carboxylic acids is 1. The van der Waals surface area contributed by atoms with Crippen LogP contribution in [-0.2, 0) is 0 Å². The van der Waals surface area contributed by atoms with Gasteiger partial charge >= 0.3 is 0 Å². The molecule has 0 unspecified atom stereocenters. The van der Waals surface area contributed by atoms with E-state index in [-0.39, 0.29) is 17.1 Å². The summed E-state index contributed by atoms with van der Waals surface area (Å²) < 4.78 is 5.57. The first-order valence-electron chi connectivity index (χ1n) is 7.82. The smallest absolute Gasteiger partial charge is 0.257 e. The Hall–Kier alpha value is -2.40. The van der Waals surface area contributed by atoms with Crippen LogP contribution in [0.15, 0.2) is 42.5 Å². The molecule has 0 spiro atoms. The number of nitrogens with one attached hydrogen (secondary N) is 2. The molecule has 0 saturated carbocycles. The Balaban J connectivity index is 2.00. The average Bonchev–Trinajstić information content (AvgIpc) is 2.51. The summed E-state index contributed by atoms with van der Waals surface area (Å²) >= 11 is 5.25. The molecule has 126 valence electrons. The van der Waals surface area contributed by atoms with E-state index in [1.54, 1.807) is 24.3 Å². The number of thiocarbonyl (C=S) groups is 1. The van der Waals surface area contributed by atoms with Gasteiger partial charge in [-0.05, 0) is 75.3 Å². The van der Waals surface area contributed by atoms with Crippen molar-refractivity contribution in [2.75, 3.05) is 5.32 Å². The second-order valence-electron chi connectivity index (χ2n) is 5.87. The average molecular weight is 342 g/mol. The molecule has 0 atom stereocenters. The molecular formula is C19H22N2O2S. The van der Waals surface area contributed by atoms with E-state index in [0.717, 1.165) is 22.6 Å². The van der Waals surface area contributed by atoms with Gasteiger partial charge in [-0.1, -0.05) is 18.2 Å². The van der Waals surface area contributed by atoms with Gasteiger partial charge in [0.15, 0.2) is 5.11 Å². The highest BCUT2D eigenvalue weighted by atomic mass is 32.1. The number of ether oxygens (including phenoxy) is 1. The molecule has 1 amide bonds. The lowest BCUT2D eigenvalue weighted by Gasteiger charge is -2.14. The molecule has 0 radical (unpaired) electrons. The van der Waals surface area contributed by atoms with Gasteiger partial charge in [-0.3, -0.25) is 10.1 Å². The van der Waals surface area contributed by atoms with Gasteiger partial charge in [0.2, 0.25) is 0 Å². The van der Waals surface area contributed by atoms with Crippen LogP contribution in [0.5, 0.6) is 5.75 Å². The zero-order valence-corrected chi connectivity index (χ0v) is 15.2. The molecule has 2 aromatic carbocycles. The minimum Gasteiger partial charge on any atom is -0.491 e. The van der Waals surface area contributed by atoms with Crippen molar-refractivity contribution >= 4 is 28.9 Å². The van der Waals surface area contributed by atoms with Gasteiger partial charge in [-0.15, -0.1) is 0 Å². The highest BCUT2D eigenvalue weighted by Crippen LogP contribution is 2.19. The summed E-state index contributed by atoms with van der Waals surface area (Å²) in [6.07, 6.45) is 0.0961. The minimum atomic E-state index is -0.255. The molecule has 0 heterocycles. The van der Waals surface area contributed by atoms with Crippen molar-refractivity contribution in [2.45, 2.75) is 33.8 Å². The van der Waals surface area contributed by atoms with Crippen LogP contribution in [0.2, 0.25) is 0 Å². The molecule has 2 N–H and O–H groups in total. The van der Waals surface area contributed by atoms with Crippen molar-refractivity contribution in [2.24, 2.45) is 0 Å². The molecule has 4 nitrogen and oxygen atoms in total. The molecule has 5 heteroatoms. The summed E-state index contributed by atoms with van der Waals surface area (Å²) in [5.74, 6) is 0.479. The maximum atomic E-state index is 12.3. The highest BCUT2D eigenvalue weighted by molar-refractivity contribution is 7.80. The highest BCUT2D eigenvalue weighted by Gasteiger charge is 2.10. The number of hydrogen-bond acceptors (Lipinski definition) is 3. The molecule has 0 aromatic heterocycles. The number of hydrogen-bond donors (Lipinski definition) is 2. The molecule has 0 aliphatic rings. The quantitative estimate of drug-likeness (QED) is 0.817. The van der Waals surface area contributed by atoms with E-state index in [1.807, 2.05) is 45.9 Å². The van der Waals surface area contributed by atoms with E-state index in [2.05, 4.69) is 10.6 Å². The Bertz CT molecular complexity index is 719. The third kappa shape index (κ3) is 4.80. The fourth-order valence-corrected chi connectivity index (χ4v) is 2.48. The summed E-state index contributed by atoms with van der Waals surface area (Å²) in [5, 5.41) is 6.07. The van der Waals surface area contributed by atoms with Crippen LogP contribution in [-0.4, -0.2) is 17.1 Å². The van der Waals surface area contributed by atoms with Crippen molar-refractivity contribution in [3.8, 4) is 5.75 Å². The standard InChI is InChI=1S/C19H22N2O2S/c1-12(2)23-16-10-8-15(9-11-16)18(22)21-19(24)20-17-13(3)6-5-7-14(17)4/h5-12H,1-4H3,(H2,20,21,22,24). The van der Waals surface area contributed by atoms with Gasteiger partial charge in [-0.25, -0.2) is 0 Å². The summed E-state index contributed by atoms with van der Waals surface area (Å²) in [6, 6.07) is 13.0. The van der Waals surface area contributed by atoms with Crippen LogP contribution in [0, 0.1) is 13.8 Å². The van der Waals surface area contributed by atoms with Crippen molar-refractivity contribution in [1.82, 2.24) is 5.32 Å². The number of rotatable bonds is 4. The Morgan fingerprint density at radius 1 is 1.04 bits per heavy atom. The van der Waals surface area contributed by atoms with Crippen molar-refractivity contribution in [3.05, 3.63) is 59.2 Å². The molecule has 0 saturated heterocycles. The molecular weight excluding hydrogens is 320 g/mol. The first-order chi connectivity index (χ1) is 11.4. The Labute approximate surface area is 148 Å². The summed E-state index contributed by atoms with van der Waals surface area (Å²) in [5.41, 5.74) is 3.59. The molecule has 2 rings (SSSR count). The van der Waals surface area contributed by atoms with Gasteiger partial charge in [0.25, 0.3) is 5.91 Å². The Kier molecular flexibility index (Phi) is 5.93. The second-order valence-corrected chi connectivity index (χ2v) is 6.27. The summed E-state index contributed by atoms with van der Waals surface area (Å²) in [7, 11) is 0. The largest absolute Gasteiger partial charge is 0.491 e. The number of benzene rings is 2. The molecule has 24 heavy (non-hydrogen) atoms. The van der Waals surface area contributed by atoms with Crippen molar-refractivity contribution < 1.29 is 9.53 Å². The normalized spacial score (nSPS) is 10.4. The molecule has 0 aliphatic heterocycles. The SMILES string of the molecule is Cc1cccc(C)c1NC(=S)NC(=O)c1ccc(OC(C)C)cc1. The topological polar surface area (TPSA) is 50.4 Å². The van der Waals surface area contributed by atoms with Crippen LogP contribution in [0.4, 0.5) is 5.69 Å². The van der Waals surface area contributed by atoms with Gasteiger partial charge in [0, 0.05) is 11.3 Å². The van der Waals surface area contributed by atoms with Gasteiger partial charge in [-0.2, -0.15) is 0 Å². The predicted molar refractivity (Wildman–Crippen MR) is 102 cm³/mol. The second kappa shape index (κ2) is 7.93. The van der Waals surface area contributed by atoms with Crippen LogP contribution < -0.4 is 15.4 Å². The van der Waals surface area contributed by atoms with Gasteiger partial charge < -0.3 is 10.1 Å². The van der Waals surface area contributed by atoms with Crippen LogP contribution in [0.1, 0.15) is 35.3 Å². The number of aryl methyl sites for hydroxylation is 2. The maximum absolute atomic E-state index is 12.3. The van der Waals surface area contributed by atoms with Crippen LogP contribution in [0.25, 0.3) is 0 Å². The van der Waals surface area contributed by atoms with Crippen LogP contribution >= 0.6 is 12.2 Å². The van der Waals surface area contributed by atoms with E-state index in [0.29, 0.717) is 5.56 Å². The van der Waals surface area contributed by atoms with E-state index in [4.69, 9.17) is 17.0 Å². The van der Waals surface area contributed by atoms with Crippen LogP contribution in [0.3, 0.4) is 0 Å². The minimum absolute atomic E-state index is 0.0961. The predicted octanol–water partition coefficient (Wildman–Crippen LogP) is 4.22. The summed E-state index contributed by atoms with van der Waals surface area (Å²) in [4.78, 5) is 12.3. The fourth-order valence-electron chi connectivity index (χ4n) is 2.29. The maximum Gasteiger partial charge on any atom is 0.257 e. The summed E-state index contributed by atoms with van der Waals surface area (Å²) in [6.45, 7) is 7.90. The lowest BCUT2D eigenvalue weighted by Crippen LogP contribution is -2.34. The third-order valence-electron chi connectivity index (χ3n) is 3.44. The van der Waals surface area contributed by atoms with Gasteiger partial charge in [0.05, 0.1) is 6.10 Å². The molecule has 2 aromatic rings. The lowest BCUT2D eigenvalue weighted by molar-refractivity contribution is 0.0977. The van der Waals surface area contributed by atoms with E-state index in [9.17, 15) is 4.79 Å². The third-order valence-corrected chi connectivity index (χ3v) is 3.64. The number of para-hydroxylation sites is 1. The van der Waals surface area contributed by atoms with Gasteiger partial charge in [0.1, 0.15) is 5.75 Å². The molecule has 0 bridgehead atoms. The first-order valence-corrected chi connectivity index (χ1v) is 8.23. The molecule has 0 fully saturated rings. The number of amides is 1. The molecule has 0 aliphatic carbocycles. The van der Waals surface area contributed by atoms with E-state index >= 15 is 0 Å². The first kappa shape index (κ1) is 17.9. The van der Waals surface area contributed by atoms with E-state index < -0.39 is 0 Å². The monoisotopic (exact) mass is 342 g/mol. The fraction of sp³-hybridized carbons (Fsp3) is 0.263. The lowest BCUT2D eigenvalue weighted by atomic mass is 10.1. The number of anilines is 1. The zero-order valence-electron chi connectivity index (χ0n) is 14.3. The Morgan fingerprint density at radius 2 is 1.62 bits per heavy atom. The number of carbonyl (C=O) groups is 1. The van der Waals surface area contributed by atoms with Crippen molar-refractivity contribution in [1.29, 1.82) is 0 Å². The van der Waals surface area contributed by atoms with E-state index in [1.165, 1.54) is 0 Å². The zero-order chi connectivity index (χ0) is 17.7. The Morgan fingerprint density at radius 3 is 2.17 bits per heavy atom.